The lowest BCUT2D eigenvalue weighted by molar-refractivity contribution is -0.126. The Hall–Kier alpha value is -3.15. The summed E-state index contributed by atoms with van der Waals surface area (Å²) in [7, 11) is 0. The van der Waals surface area contributed by atoms with E-state index in [0.29, 0.717) is 25.4 Å². The summed E-state index contributed by atoms with van der Waals surface area (Å²) >= 11 is 0. The zero-order chi connectivity index (χ0) is 22.7. The summed E-state index contributed by atoms with van der Waals surface area (Å²) in [5, 5.41) is 2.98. The zero-order valence-electron chi connectivity index (χ0n) is 18.8. The van der Waals surface area contributed by atoms with Crippen molar-refractivity contribution in [1.29, 1.82) is 0 Å². The van der Waals surface area contributed by atoms with Gasteiger partial charge in [0.1, 0.15) is 0 Å². The quantitative estimate of drug-likeness (QED) is 0.718. The fourth-order valence-electron chi connectivity index (χ4n) is 4.53. The Morgan fingerprint density at radius 1 is 1.06 bits per heavy atom. The van der Waals surface area contributed by atoms with E-state index in [1.807, 2.05) is 42.5 Å². The van der Waals surface area contributed by atoms with Gasteiger partial charge in [-0.25, -0.2) is 0 Å². The van der Waals surface area contributed by atoms with Gasteiger partial charge in [-0.2, -0.15) is 0 Å². The lowest BCUT2D eigenvalue weighted by Gasteiger charge is -2.23. The van der Waals surface area contributed by atoms with Gasteiger partial charge in [-0.1, -0.05) is 44.2 Å². The van der Waals surface area contributed by atoms with Gasteiger partial charge in [0.15, 0.2) is 0 Å². The number of amides is 3. The molecule has 0 bridgehead atoms. The molecule has 2 unspecified atom stereocenters. The number of carbonyl (C=O) groups is 3. The number of rotatable bonds is 7. The molecule has 3 amide bonds. The average molecular weight is 434 g/mol. The zero-order valence-corrected chi connectivity index (χ0v) is 18.8. The van der Waals surface area contributed by atoms with Crippen LogP contribution < -0.4 is 15.1 Å². The molecular formula is C26H31N3O3. The van der Waals surface area contributed by atoms with E-state index in [0.717, 1.165) is 41.9 Å². The fourth-order valence-corrected chi connectivity index (χ4v) is 4.53. The van der Waals surface area contributed by atoms with Gasteiger partial charge in [0.05, 0.1) is 5.92 Å². The SMILES string of the molecule is CCC(C)c1ccccc1N1CC(C(=O)NCc2ccc(N3CCCC3=O)cc2)CC1=O. The van der Waals surface area contributed by atoms with Gasteiger partial charge in [-0.05, 0) is 48.1 Å². The molecule has 0 aliphatic carbocycles. The van der Waals surface area contributed by atoms with Crippen molar-refractivity contribution in [3.63, 3.8) is 0 Å². The summed E-state index contributed by atoms with van der Waals surface area (Å²) in [4.78, 5) is 41.0. The molecule has 2 aliphatic rings. The van der Waals surface area contributed by atoms with E-state index < -0.39 is 0 Å². The molecule has 1 N–H and O–H groups in total. The minimum absolute atomic E-state index is 0.000497. The molecule has 2 heterocycles. The number of para-hydroxylation sites is 1. The van der Waals surface area contributed by atoms with Crippen molar-refractivity contribution >= 4 is 29.1 Å². The van der Waals surface area contributed by atoms with Gasteiger partial charge in [0, 0.05) is 43.9 Å². The predicted molar refractivity (Wildman–Crippen MR) is 125 cm³/mol. The Morgan fingerprint density at radius 2 is 1.81 bits per heavy atom. The summed E-state index contributed by atoms with van der Waals surface area (Å²) in [6, 6.07) is 15.7. The van der Waals surface area contributed by atoms with E-state index in [1.165, 1.54) is 0 Å². The van der Waals surface area contributed by atoms with Crippen molar-refractivity contribution in [3.8, 4) is 0 Å². The van der Waals surface area contributed by atoms with E-state index in [-0.39, 0.29) is 30.1 Å². The Morgan fingerprint density at radius 3 is 2.50 bits per heavy atom. The molecule has 2 atom stereocenters. The largest absolute Gasteiger partial charge is 0.352 e. The number of hydrogen-bond donors (Lipinski definition) is 1. The lowest BCUT2D eigenvalue weighted by atomic mass is 9.96. The molecule has 0 spiro atoms. The number of carbonyl (C=O) groups excluding carboxylic acids is 3. The monoisotopic (exact) mass is 433 g/mol. The smallest absolute Gasteiger partial charge is 0.227 e. The van der Waals surface area contributed by atoms with E-state index >= 15 is 0 Å². The second-order valence-electron chi connectivity index (χ2n) is 8.81. The normalized spacial score (nSPS) is 19.5. The van der Waals surface area contributed by atoms with Gasteiger partial charge < -0.3 is 15.1 Å². The van der Waals surface area contributed by atoms with Gasteiger partial charge in [0.2, 0.25) is 17.7 Å². The second kappa shape index (κ2) is 9.55. The molecule has 0 radical (unpaired) electrons. The van der Waals surface area contributed by atoms with E-state index in [2.05, 4.69) is 25.2 Å². The van der Waals surface area contributed by atoms with Crippen molar-refractivity contribution in [1.82, 2.24) is 5.32 Å². The highest BCUT2D eigenvalue weighted by Gasteiger charge is 2.36. The van der Waals surface area contributed by atoms with Gasteiger partial charge >= 0.3 is 0 Å². The van der Waals surface area contributed by atoms with Crippen molar-refractivity contribution in [2.75, 3.05) is 22.9 Å². The van der Waals surface area contributed by atoms with Crippen LogP contribution in [0.1, 0.15) is 56.6 Å². The van der Waals surface area contributed by atoms with Crippen molar-refractivity contribution in [3.05, 3.63) is 59.7 Å². The van der Waals surface area contributed by atoms with Crippen LogP contribution in [0.2, 0.25) is 0 Å². The third-order valence-corrected chi connectivity index (χ3v) is 6.65. The minimum atomic E-state index is -0.353. The molecule has 0 aromatic heterocycles. The van der Waals surface area contributed by atoms with Crippen LogP contribution in [0, 0.1) is 5.92 Å². The Balaban J connectivity index is 1.36. The summed E-state index contributed by atoms with van der Waals surface area (Å²) < 4.78 is 0. The number of anilines is 2. The third kappa shape index (κ3) is 4.54. The molecule has 2 aromatic carbocycles. The first-order valence-electron chi connectivity index (χ1n) is 11.5. The van der Waals surface area contributed by atoms with E-state index in [4.69, 9.17) is 0 Å². The molecule has 32 heavy (non-hydrogen) atoms. The number of nitrogens with zero attached hydrogens (tertiary/aromatic N) is 2. The lowest BCUT2D eigenvalue weighted by Crippen LogP contribution is -2.33. The average Bonchev–Trinajstić information content (AvgIpc) is 3.42. The highest BCUT2D eigenvalue weighted by atomic mass is 16.2. The van der Waals surface area contributed by atoms with Crippen LogP contribution in [0.4, 0.5) is 11.4 Å². The summed E-state index contributed by atoms with van der Waals surface area (Å²) in [5.41, 5.74) is 3.95. The van der Waals surface area contributed by atoms with Crippen LogP contribution in [0.25, 0.3) is 0 Å². The van der Waals surface area contributed by atoms with E-state index in [9.17, 15) is 14.4 Å². The third-order valence-electron chi connectivity index (χ3n) is 6.65. The summed E-state index contributed by atoms with van der Waals surface area (Å²) in [5.74, 6) is 0.0669. The van der Waals surface area contributed by atoms with Crippen LogP contribution in [0.5, 0.6) is 0 Å². The summed E-state index contributed by atoms with van der Waals surface area (Å²) in [6.07, 6.45) is 2.73. The van der Waals surface area contributed by atoms with Crippen molar-refractivity contribution < 1.29 is 14.4 Å². The van der Waals surface area contributed by atoms with Crippen LogP contribution >= 0.6 is 0 Å². The minimum Gasteiger partial charge on any atom is -0.352 e. The second-order valence-corrected chi connectivity index (χ2v) is 8.81. The van der Waals surface area contributed by atoms with Gasteiger partial charge in [-0.15, -0.1) is 0 Å². The number of benzene rings is 2. The standard InChI is InChI=1S/C26H31N3O3/c1-3-18(2)22-7-4-5-8-23(22)29-17-20(15-25(29)31)26(32)27-16-19-10-12-21(13-11-19)28-14-6-9-24(28)30/h4-5,7-8,10-13,18,20H,3,6,9,14-17H2,1-2H3,(H,27,32). The highest BCUT2D eigenvalue weighted by molar-refractivity contribution is 6.01. The van der Waals surface area contributed by atoms with Crippen LogP contribution in [0.3, 0.4) is 0 Å². The molecule has 168 valence electrons. The van der Waals surface area contributed by atoms with Crippen molar-refractivity contribution in [2.24, 2.45) is 5.92 Å². The molecule has 0 saturated carbocycles. The topological polar surface area (TPSA) is 69.7 Å². The molecule has 6 nitrogen and oxygen atoms in total. The molecule has 4 rings (SSSR count). The van der Waals surface area contributed by atoms with Crippen molar-refractivity contribution in [2.45, 2.75) is 52.0 Å². The maximum absolute atomic E-state index is 12.8. The van der Waals surface area contributed by atoms with Gasteiger partial charge in [0.25, 0.3) is 0 Å². The Labute approximate surface area is 189 Å². The molecular weight excluding hydrogens is 402 g/mol. The van der Waals surface area contributed by atoms with Crippen LogP contribution in [0.15, 0.2) is 48.5 Å². The Bertz CT molecular complexity index is 1000. The van der Waals surface area contributed by atoms with Gasteiger partial charge in [-0.3, -0.25) is 14.4 Å². The maximum Gasteiger partial charge on any atom is 0.227 e. The van der Waals surface area contributed by atoms with E-state index in [1.54, 1.807) is 9.80 Å². The number of hydrogen-bond acceptors (Lipinski definition) is 3. The summed E-state index contributed by atoms with van der Waals surface area (Å²) in [6.45, 7) is 5.88. The fraction of sp³-hybridized carbons (Fsp3) is 0.423. The predicted octanol–water partition coefficient (Wildman–Crippen LogP) is 4.00. The molecule has 6 heteroatoms. The molecule has 2 fully saturated rings. The Kier molecular flexibility index (Phi) is 6.58. The maximum atomic E-state index is 12.8. The van der Waals surface area contributed by atoms with Crippen LogP contribution in [-0.4, -0.2) is 30.8 Å². The highest BCUT2D eigenvalue weighted by Crippen LogP contribution is 2.33. The first-order chi connectivity index (χ1) is 15.5. The molecule has 2 aromatic rings. The molecule has 2 saturated heterocycles. The molecule has 2 aliphatic heterocycles. The first-order valence-corrected chi connectivity index (χ1v) is 11.5. The number of nitrogens with one attached hydrogen (secondary N) is 1. The first kappa shape index (κ1) is 22.1. The van der Waals surface area contributed by atoms with Crippen LogP contribution in [-0.2, 0) is 20.9 Å².